The fourth-order valence-corrected chi connectivity index (χ4v) is 4.09. The summed E-state index contributed by atoms with van der Waals surface area (Å²) in [6.07, 6.45) is 2.12. The molecule has 1 heterocycles. The maximum Gasteiger partial charge on any atom is 0.229 e. The lowest BCUT2D eigenvalue weighted by Gasteiger charge is -2.34. The van der Waals surface area contributed by atoms with Crippen LogP contribution in [0, 0.1) is 11.3 Å². The van der Waals surface area contributed by atoms with E-state index in [1.54, 1.807) is 0 Å². The smallest absolute Gasteiger partial charge is 0.229 e. The van der Waals surface area contributed by atoms with Crippen molar-refractivity contribution in [2.24, 2.45) is 0 Å². The highest BCUT2D eigenvalue weighted by molar-refractivity contribution is 7.92. The Kier molecular flexibility index (Phi) is 7.80. The Hall–Kier alpha value is -3.00. The van der Waals surface area contributed by atoms with Crippen LogP contribution in [-0.2, 0) is 10.0 Å². The third-order valence-electron chi connectivity index (χ3n) is 5.20. The summed E-state index contributed by atoms with van der Waals surface area (Å²) in [7, 11) is -3.53. The van der Waals surface area contributed by atoms with Crippen molar-refractivity contribution in [1.82, 2.24) is 5.32 Å². The predicted octanol–water partition coefficient (Wildman–Crippen LogP) is 1.63. The SMILES string of the molecule is CS(=O)(=O)Nc1cc(OC[C@@H](O)CNC2CCN(c3ccc(C#N)cc3)CC2)ccc1O. The van der Waals surface area contributed by atoms with Crippen LogP contribution < -0.4 is 19.7 Å². The van der Waals surface area contributed by atoms with Crippen LogP contribution in [0.2, 0.25) is 0 Å². The molecule has 3 rings (SSSR count). The van der Waals surface area contributed by atoms with Gasteiger partial charge in [0.15, 0.2) is 0 Å². The summed E-state index contributed by atoms with van der Waals surface area (Å²) in [5.74, 6) is 0.126. The van der Waals surface area contributed by atoms with Gasteiger partial charge in [0.1, 0.15) is 24.2 Å². The maximum atomic E-state index is 11.4. The summed E-state index contributed by atoms with van der Waals surface area (Å²) in [4.78, 5) is 2.28. The molecule has 0 bridgehead atoms. The number of nitrogens with zero attached hydrogens (tertiary/aromatic N) is 2. The number of benzene rings is 2. The van der Waals surface area contributed by atoms with Crippen molar-refractivity contribution in [2.45, 2.75) is 25.0 Å². The molecule has 0 aromatic heterocycles. The zero-order valence-corrected chi connectivity index (χ0v) is 18.7. The number of ether oxygens (including phenoxy) is 1. The number of anilines is 2. The molecule has 1 fully saturated rings. The van der Waals surface area contributed by atoms with E-state index in [9.17, 15) is 18.6 Å². The molecule has 0 unspecified atom stereocenters. The van der Waals surface area contributed by atoms with Crippen molar-refractivity contribution in [3.8, 4) is 17.6 Å². The Labute approximate surface area is 188 Å². The lowest BCUT2D eigenvalue weighted by atomic mass is 10.0. The largest absolute Gasteiger partial charge is 0.506 e. The van der Waals surface area contributed by atoms with E-state index in [1.807, 2.05) is 24.3 Å². The molecule has 172 valence electrons. The number of aromatic hydroxyl groups is 1. The lowest BCUT2D eigenvalue weighted by Crippen LogP contribution is -2.45. The molecule has 4 N–H and O–H groups in total. The Morgan fingerprint density at radius 3 is 2.53 bits per heavy atom. The lowest BCUT2D eigenvalue weighted by molar-refractivity contribution is 0.102. The minimum Gasteiger partial charge on any atom is -0.506 e. The molecule has 0 radical (unpaired) electrons. The van der Waals surface area contributed by atoms with Crippen molar-refractivity contribution in [1.29, 1.82) is 5.26 Å². The number of hydrogen-bond donors (Lipinski definition) is 4. The molecule has 1 atom stereocenters. The first-order valence-electron chi connectivity index (χ1n) is 10.3. The van der Waals surface area contributed by atoms with E-state index in [-0.39, 0.29) is 18.0 Å². The van der Waals surface area contributed by atoms with Gasteiger partial charge in [-0.15, -0.1) is 0 Å². The van der Waals surface area contributed by atoms with Crippen LogP contribution in [0.1, 0.15) is 18.4 Å². The van der Waals surface area contributed by atoms with Gasteiger partial charge in [0, 0.05) is 37.4 Å². The zero-order valence-electron chi connectivity index (χ0n) is 17.9. The van der Waals surface area contributed by atoms with E-state index in [4.69, 9.17) is 10.00 Å². The fraction of sp³-hybridized carbons (Fsp3) is 0.409. The first-order valence-corrected chi connectivity index (χ1v) is 12.2. The Morgan fingerprint density at radius 1 is 1.22 bits per heavy atom. The van der Waals surface area contributed by atoms with Crippen molar-refractivity contribution in [2.75, 3.05) is 42.1 Å². The van der Waals surface area contributed by atoms with Gasteiger partial charge in [-0.05, 0) is 49.2 Å². The maximum absolute atomic E-state index is 11.4. The second kappa shape index (κ2) is 10.5. The van der Waals surface area contributed by atoms with Gasteiger partial charge < -0.3 is 25.2 Å². The van der Waals surface area contributed by atoms with Crippen molar-refractivity contribution >= 4 is 21.4 Å². The van der Waals surface area contributed by atoms with Gasteiger partial charge in [0.25, 0.3) is 0 Å². The first kappa shape index (κ1) is 23.7. The number of hydrogen-bond acceptors (Lipinski definition) is 8. The number of nitrogens with one attached hydrogen (secondary N) is 2. The summed E-state index contributed by atoms with van der Waals surface area (Å²) in [5, 5.41) is 32.3. The van der Waals surface area contributed by atoms with Crippen LogP contribution in [0.5, 0.6) is 11.5 Å². The number of phenols is 1. The molecule has 2 aromatic carbocycles. The Balaban J connectivity index is 1.40. The number of nitriles is 1. The van der Waals surface area contributed by atoms with Crippen LogP contribution in [-0.4, -0.2) is 63.3 Å². The summed E-state index contributed by atoms with van der Waals surface area (Å²) in [6, 6.07) is 14.2. The van der Waals surface area contributed by atoms with Gasteiger partial charge in [0.2, 0.25) is 10.0 Å². The molecule has 9 nitrogen and oxygen atoms in total. The third-order valence-corrected chi connectivity index (χ3v) is 5.80. The molecule has 1 aliphatic heterocycles. The fourth-order valence-electron chi connectivity index (χ4n) is 3.53. The molecule has 32 heavy (non-hydrogen) atoms. The normalized spacial score (nSPS) is 15.7. The van der Waals surface area contributed by atoms with Gasteiger partial charge in [-0.3, -0.25) is 4.72 Å². The average Bonchev–Trinajstić information content (AvgIpc) is 2.77. The van der Waals surface area contributed by atoms with Gasteiger partial charge >= 0.3 is 0 Å². The zero-order chi connectivity index (χ0) is 23.1. The van der Waals surface area contributed by atoms with Gasteiger partial charge in [-0.1, -0.05) is 0 Å². The molecule has 2 aromatic rings. The quantitative estimate of drug-likeness (QED) is 0.415. The highest BCUT2D eigenvalue weighted by atomic mass is 32.2. The van der Waals surface area contributed by atoms with Gasteiger partial charge in [-0.2, -0.15) is 5.26 Å². The molecular formula is C22H28N4O5S. The third kappa shape index (κ3) is 7.02. The van der Waals surface area contributed by atoms with Gasteiger partial charge in [0.05, 0.1) is 23.6 Å². The van der Waals surface area contributed by atoms with E-state index in [1.165, 1.54) is 18.2 Å². The van der Waals surface area contributed by atoms with E-state index in [0.29, 0.717) is 23.9 Å². The molecule has 1 aliphatic rings. The Morgan fingerprint density at radius 2 is 1.91 bits per heavy atom. The van der Waals surface area contributed by atoms with Crippen LogP contribution in [0.15, 0.2) is 42.5 Å². The van der Waals surface area contributed by atoms with E-state index >= 15 is 0 Å². The highest BCUT2D eigenvalue weighted by Crippen LogP contribution is 2.28. The van der Waals surface area contributed by atoms with Crippen LogP contribution in [0.4, 0.5) is 11.4 Å². The second-order valence-corrected chi connectivity index (χ2v) is 9.59. The van der Waals surface area contributed by atoms with E-state index in [0.717, 1.165) is 37.9 Å². The van der Waals surface area contributed by atoms with Crippen LogP contribution in [0.3, 0.4) is 0 Å². The molecular weight excluding hydrogens is 432 g/mol. The minimum atomic E-state index is -3.53. The summed E-state index contributed by atoms with van der Waals surface area (Å²) < 4.78 is 30.5. The van der Waals surface area contributed by atoms with Crippen LogP contribution >= 0.6 is 0 Å². The molecule has 0 amide bonds. The average molecular weight is 461 g/mol. The first-order chi connectivity index (χ1) is 15.2. The number of sulfonamides is 1. The van der Waals surface area contributed by atoms with Crippen LogP contribution in [0.25, 0.3) is 0 Å². The van der Waals surface area contributed by atoms with Gasteiger partial charge in [-0.25, -0.2) is 8.42 Å². The van der Waals surface area contributed by atoms with E-state index < -0.39 is 16.1 Å². The molecule has 10 heteroatoms. The van der Waals surface area contributed by atoms with Crippen molar-refractivity contribution in [3.05, 3.63) is 48.0 Å². The number of piperidine rings is 1. The van der Waals surface area contributed by atoms with Crippen molar-refractivity contribution < 1.29 is 23.4 Å². The predicted molar refractivity (Wildman–Crippen MR) is 122 cm³/mol. The number of aliphatic hydroxyl groups is 1. The van der Waals surface area contributed by atoms with E-state index in [2.05, 4.69) is 21.0 Å². The number of aliphatic hydroxyl groups excluding tert-OH is 1. The highest BCUT2D eigenvalue weighted by Gasteiger charge is 2.20. The molecule has 1 saturated heterocycles. The monoisotopic (exact) mass is 460 g/mol. The number of rotatable bonds is 9. The molecule has 0 aliphatic carbocycles. The second-order valence-electron chi connectivity index (χ2n) is 7.85. The topological polar surface area (TPSA) is 135 Å². The summed E-state index contributed by atoms with van der Waals surface area (Å²) in [5.41, 5.74) is 1.78. The summed E-state index contributed by atoms with van der Waals surface area (Å²) in [6.45, 7) is 2.17. The number of phenolic OH excluding ortho intramolecular Hbond substituents is 1. The molecule has 0 saturated carbocycles. The minimum absolute atomic E-state index is 0.0200. The summed E-state index contributed by atoms with van der Waals surface area (Å²) >= 11 is 0. The molecule has 0 spiro atoms. The Bertz CT molecular complexity index is 1040. The standard InChI is InChI=1S/C22H28N4O5S/c1-32(29,30)25-21-12-20(6-7-22(21)28)31-15-19(27)14-24-17-8-10-26(11-9-17)18-4-2-16(13-23)3-5-18/h2-7,12,17,19,24-25,27-28H,8-11,14-15H2,1H3/t19-/m0/s1. The van der Waals surface area contributed by atoms with Crippen molar-refractivity contribution in [3.63, 3.8) is 0 Å².